The molecule has 0 saturated heterocycles. The van der Waals surface area contributed by atoms with Crippen LogP contribution in [0, 0.1) is 11.8 Å². The Hall–Kier alpha value is -0.930. The Balaban J connectivity index is 4.85. The maximum absolute atomic E-state index is 12.5. The molecule has 140 valence electrons. The third kappa shape index (κ3) is 9.39. The normalized spacial score (nSPS) is 13.9. The predicted octanol–water partition coefficient (Wildman–Crippen LogP) is 0.902. The molecule has 9 heteroatoms. The number of rotatable bonds is 11. The summed E-state index contributed by atoms with van der Waals surface area (Å²) in [5.74, 6) is -0.497. The van der Waals surface area contributed by atoms with Crippen LogP contribution >= 0.6 is 25.3 Å². The van der Waals surface area contributed by atoms with Gasteiger partial charge in [-0.05, 0) is 18.8 Å². The van der Waals surface area contributed by atoms with Crippen molar-refractivity contribution in [2.75, 3.05) is 6.54 Å². The molecule has 0 aromatic carbocycles. The number of hydrogen-bond donors (Lipinski definition) is 6. The molecule has 0 saturated carbocycles. The summed E-state index contributed by atoms with van der Waals surface area (Å²) in [6.45, 7) is 7.74. The first-order valence-corrected chi connectivity index (χ1v) is 9.09. The molecule has 0 bridgehead atoms. The van der Waals surface area contributed by atoms with Crippen molar-refractivity contribution in [1.82, 2.24) is 16.0 Å². The second-order valence-corrected chi connectivity index (χ2v) is 7.75. The van der Waals surface area contributed by atoms with Crippen LogP contribution in [0.4, 0.5) is 4.79 Å². The number of urea groups is 1. The average Bonchev–Trinajstić information content (AvgIpc) is 2.45. The Morgan fingerprint density at radius 3 is 2.08 bits per heavy atom. The molecule has 0 aromatic heterocycles. The van der Waals surface area contributed by atoms with Crippen molar-refractivity contribution in [3.63, 3.8) is 0 Å². The molecule has 0 rings (SSSR count). The maximum atomic E-state index is 12.5. The zero-order valence-corrected chi connectivity index (χ0v) is 16.5. The van der Waals surface area contributed by atoms with Gasteiger partial charge in [0, 0.05) is 12.5 Å². The van der Waals surface area contributed by atoms with Gasteiger partial charge in [0.25, 0.3) is 0 Å². The fourth-order valence-electron chi connectivity index (χ4n) is 2.20. The highest BCUT2D eigenvalue weighted by molar-refractivity contribution is 7.99. The van der Waals surface area contributed by atoms with E-state index >= 15 is 0 Å². The molecule has 0 spiro atoms. The Bertz CT molecular complexity index is 431. The van der Waals surface area contributed by atoms with Crippen molar-refractivity contribution >= 4 is 43.0 Å². The van der Waals surface area contributed by atoms with Gasteiger partial charge in [-0.25, -0.2) is 4.79 Å². The van der Waals surface area contributed by atoms with E-state index in [0.717, 1.165) is 0 Å². The van der Waals surface area contributed by atoms with Gasteiger partial charge in [0.2, 0.25) is 5.91 Å². The molecule has 0 aliphatic heterocycles. The minimum Gasteiger partial charge on any atom is -0.352 e. The molecule has 0 radical (unpaired) electrons. The zero-order chi connectivity index (χ0) is 18.9. The SMILES string of the molecule is CC(C)C(=O)[C@H](CCCNC(N)=O)NC(=O)[C@@H](NC(S)S)C(C)C. The summed E-state index contributed by atoms with van der Waals surface area (Å²) in [5, 5.41) is 8.25. The van der Waals surface area contributed by atoms with Gasteiger partial charge < -0.3 is 16.4 Å². The minimum absolute atomic E-state index is 0.0122. The third-order valence-electron chi connectivity index (χ3n) is 3.48. The lowest BCUT2D eigenvalue weighted by atomic mass is 9.96. The average molecular weight is 379 g/mol. The number of nitrogens with two attached hydrogens (primary N) is 1. The van der Waals surface area contributed by atoms with E-state index in [2.05, 4.69) is 41.2 Å². The van der Waals surface area contributed by atoms with Crippen LogP contribution in [0.3, 0.4) is 0 Å². The first-order valence-electron chi connectivity index (χ1n) is 8.05. The van der Waals surface area contributed by atoms with Crippen molar-refractivity contribution in [1.29, 1.82) is 0 Å². The summed E-state index contributed by atoms with van der Waals surface area (Å²) < 4.78 is -0.442. The first kappa shape index (κ1) is 23.1. The lowest BCUT2D eigenvalue weighted by Gasteiger charge is -2.27. The molecule has 0 aliphatic carbocycles. The second kappa shape index (κ2) is 11.6. The van der Waals surface area contributed by atoms with Crippen LogP contribution in [0.2, 0.25) is 0 Å². The van der Waals surface area contributed by atoms with Gasteiger partial charge in [0.05, 0.1) is 16.8 Å². The van der Waals surface area contributed by atoms with Crippen LogP contribution in [0.25, 0.3) is 0 Å². The van der Waals surface area contributed by atoms with Crippen molar-refractivity contribution in [2.24, 2.45) is 17.6 Å². The number of ketones is 1. The number of carbonyl (C=O) groups is 3. The van der Waals surface area contributed by atoms with Gasteiger partial charge >= 0.3 is 6.03 Å². The molecular formula is C15H30N4O3S2. The highest BCUT2D eigenvalue weighted by atomic mass is 32.2. The number of carbonyl (C=O) groups excluding carboxylic acids is 3. The van der Waals surface area contributed by atoms with Crippen molar-refractivity contribution in [3.8, 4) is 0 Å². The van der Waals surface area contributed by atoms with Crippen LogP contribution in [0.5, 0.6) is 0 Å². The second-order valence-electron chi connectivity index (χ2n) is 6.31. The maximum Gasteiger partial charge on any atom is 0.312 e. The molecular weight excluding hydrogens is 348 g/mol. The van der Waals surface area contributed by atoms with E-state index in [1.54, 1.807) is 13.8 Å². The molecule has 0 aromatic rings. The van der Waals surface area contributed by atoms with E-state index in [1.807, 2.05) is 13.8 Å². The highest BCUT2D eigenvalue weighted by Gasteiger charge is 2.28. The smallest absolute Gasteiger partial charge is 0.312 e. The monoisotopic (exact) mass is 378 g/mol. The quantitative estimate of drug-likeness (QED) is 0.182. The number of hydrogen-bond acceptors (Lipinski definition) is 6. The Morgan fingerprint density at radius 1 is 1.08 bits per heavy atom. The van der Waals surface area contributed by atoms with Gasteiger partial charge in [0.1, 0.15) is 0 Å². The summed E-state index contributed by atoms with van der Waals surface area (Å²) in [4.78, 5) is 35.5. The van der Waals surface area contributed by atoms with Crippen molar-refractivity contribution < 1.29 is 14.4 Å². The summed E-state index contributed by atoms with van der Waals surface area (Å²) in [6, 6.07) is -1.71. The van der Waals surface area contributed by atoms with Crippen LogP contribution in [-0.4, -0.2) is 41.1 Å². The van der Waals surface area contributed by atoms with Gasteiger partial charge in [0.15, 0.2) is 5.78 Å². The molecule has 7 nitrogen and oxygen atoms in total. The third-order valence-corrected chi connectivity index (χ3v) is 3.77. The largest absolute Gasteiger partial charge is 0.352 e. The summed E-state index contributed by atoms with van der Waals surface area (Å²) in [5.41, 5.74) is 5.01. The zero-order valence-electron chi connectivity index (χ0n) is 14.7. The molecule has 24 heavy (non-hydrogen) atoms. The van der Waals surface area contributed by atoms with E-state index in [9.17, 15) is 14.4 Å². The number of primary amides is 1. The minimum atomic E-state index is -0.608. The Labute approximate surface area is 155 Å². The van der Waals surface area contributed by atoms with Crippen molar-refractivity contribution in [2.45, 2.75) is 57.3 Å². The molecule has 0 fully saturated rings. The summed E-state index contributed by atoms with van der Waals surface area (Å²) in [6.07, 6.45) is 0.965. The lowest BCUT2D eigenvalue weighted by Crippen LogP contribution is -2.53. The van der Waals surface area contributed by atoms with E-state index < -0.39 is 22.8 Å². The van der Waals surface area contributed by atoms with Gasteiger partial charge in [-0.1, -0.05) is 27.7 Å². The molecule has 0 aliphatic rings. The van der Waals surface area contributed by atoms with Crippen LogP contribution in [-0.2, 0) is 9.59 Å². The summed E-state index contributed by atoms with van der Waals surface area (Å²) >= 11 is 8.27. The van der Waals surface area contributed by atoms with Crippen LogP contribution in [0.15, 0.2) is 0 Å². The molecule has 3 amide bonds. The fourth-order valence-corrected chi connectivity index (χ4v) is 2.52. The van der Waals surface area contributed by atoms with Crippen molar-refractivity contribution in [3.05, 3.63) is 0 Å². The molecule has 0 unspecified atom stereocenters. The highest BCUT2D eigenvalue weighted by Crippen LogP contribution is 2.10. The predicted molar refractivity (Wildman–Crippen MR) is 102 cm³/mol. The standard InChI is InChI=1S/C15H30N4O3S2/c1-8(2)11(19-15(23)24)13(21)18-10(12(20)9(3)4)6-5-7-17-14(16)22/h8-11,15,19,23-24H,5-7H2,1-4H3,(H,18,21)(H3,16,17,22)/t10-,11-/m0/s1. The Morgan fingerprint density at radius 2 is 1.67 bits per heavy atom. The van der Waals surface area contributed by atoms with Crippen LogP contribution < -0.4 is 21.7 Å². The van der Waals surface area contributed by atoms with Gasteiger partial charge in [-0.3, -0.25) is 14.9 Å². The fraction of sp³-hybridized carbons (Fsp3) is 0.800. The molecule has 5 N–H and O–H groups in total. The first-order chi connectivity index (χ1) is 11.1. The molecule has 0 heterocycles. The van der Waals surface area contributed by atoms with E-state index in [1.165, 1.54) is 0 Å². The van der Waals surface area contributed by atoms with Gasteiger partial charge in [-0.2, -0.15) is 0 Å². The van der Waals surface area contributed by atoms with Gasteiger partial charge in [-0.15, -0.1) is 25.3 Å². The number of thiol groups is 2. The number of amides is 3. The Kier molecular flexibility index (Phi) is 11.1. The van der Waals surface area contributed by atoms with E-state index in [-0.39, 0.29) is 23.5 Å². The van der Waals surface area contributed by atoms with E-state index in [0.29, 0.717) is 19.4 Å². The van der Waals surface area contributed by atoms with E-state index in [4.69, 9.17) is 5.73 Å². The summed E-state index contributed by atoms with van der Waals surface area (Å²) in [7, 11) is 0. The molecule has 2 atom stereocenters. The number of Topliss-reactive ketones (excluding diaryl/α,β-unsaturated/α-hetero) is 1. The van der Waals surface area contributed by atoms with Crippen LogP contribution in [0.1, 0.15) is 40.5 Å². The lowest BCUT2D eigenvalue weighted by molar-refractivity contribution is -0.131. The topological polar surface area (TPSA) is 113 Å². The number of nitrogens with one attached hydrogen (secondary N) is 3.